The molecule has 0 spiro atoms. The van der Waals surface area contributed by atoms with Gasteiger partial charge in [0.25, 0.3) is 0 Å². The molecule has 0 saturated heterocycles. The molecule has 0 aliphatic carbocycles. The van der Waals surface area contributed by atoms with E-state index in [0.29, 0.717) is 12.8 Å². The number of aliphatic hydroxyl groups is 2. The molecule has 2 aromatic heterocycles. The van der Waals surface area contributed by atoms with Crippen molar-refractivity contribution in [3.05, 3.63) is 43.8 Å². The van der Waals surface area contributed by atoms with Crippen LogP contribution in [0.25, 0.3) is 0 Å². The highest BCUT2D eigenvalue weighted by molar-refractivity contribution is 7.26. The Bertz CT molecular complexity index is 723. The van der Waals surface area contributed by atoms with Gasteiger partial charge in [-0.1, -0.05) is 49.2 Å². The highest BCUT2D eigenvalue weighted by Gasteiger charge is 2.21. The third kappa shape index (κ3) is 7.43. The van der Waals surface area contributed by atoms with Gasteiger partial charge < -0.3 is 19.3 Å². The van der Waals surface area contributed by atoms with E-state index < -0.39 is 21.5 Å². The Kier molecular flexibility index (Phi) is 9.53. The molecular weight excluding hydrogens is 416 g/mol. The first-order valence-corrected chi connectivity index (χ1v) is 13.2. The highest BCUT2D eigenvalue weighted by Crippen LogP contribution is 2.34. The Morgan fingerprint density at radius 1 is 0.633 bits per heavy atom. The van der Waals surface area contributed by atoms with Gasteiger partial charge in [-0.15, -0.1) is 0 Å². The fourth-order valence-electron chi connectivity index (χ4n) is 3.55. The van der Waals surface area contributed by atoms with Gasteiger partial charge in [0.1, 0.15) is 19.5 Å². The van der Waals surface area contributed by atoms with Gasteiger partial charge in [-0.25, -0.2) is 0 Å². The van der Waals surface area contributed by atoms with Crippen molar-refractivity contribution in [2.75, 3.05) is 13.2 Å². The monoisotopic (exact) mass is 454 g/mol. The van der Waals surface area contributed by atoms with E-state index in [1.54, 1.807) is 0 Å². The molecule has 0 saturated carbocycles. The third-order valence-corrected chi connectivity index (χ3v) is 9.16. The molecule has 2 heterocycles. The van der Waals surface area contributed by atoms with Crippen molar-refractivity contribution in [3.8, 4) is 0 Å². The summed E-state index contributed by atoms with van der Waals surface area (Å²) in [6.45, 7) is 8.51. The quantitative estimate of drug-likeness (QED) is 0.385. The van der Waals surface area contributed by atoms with E-state index in [9.17, 15) is 19.3 Å². The number of thiophene rings is 2. The summed E-state index contributed by atoms with van der Waals surface area (Å²) >= 11 is 0. The Morgan fingerprint density at radius 3 is 1.23 bits per heavy atom. The van der Waals surface area contributed by atoms with Crippen molar-refractivity contribution < 1.29 is 19.3 Å². The maximum Gasteiger partial charge on any atom is 0.149 e. The molecule has 2 atom stereocenters. The summed E-state index contributed by atoms with van der Waals surface area (Å²) in [5.41, 5.74) is -0.178. The molecule has 0 amide bonds. The number of aryl methyl sites for hydroxylation is 4. The van der Waals surface area contributed by atoms with E-state index in [2.05, 4.69) is 0 Å². The second-order valence-corrected chi connectivity index (χ2v) is 13.1. The second-order valence-electron chi connectivity index (χ2n) is 9.92. The van der Waals surface area contributed by atoms with Crippen LogP contribution in [0.5, 0.6) is 0 Å². The lowest BCUT2D eigenvalue weighted by atomic mass is 9.88. The molecule has 2 unspecified atom stereocenters. The molecule has 170 valence electrons. The van der Waals surface area contributed by atoms with E-state index in [4.69, 9.17) is 0 Å². The third-order valence-electron chi connectivity index (χ3n) is 5.89. The summed E-state index contributed by atoms with van der Waals surface area (Å²) < 4.78 is 25.5. The minimum Gasteiger partial charge on any atom is -0.590 e. The average Bonchev–Trinajstić information content (AvgIpc) is 3.23. The van der Waals surface area contributed by atoms with Gasteiger partial charge in [-0.05, 0) is 60.8 Å². The zero-order valence-electron chi connectivity index (χ0n) is 18.9. The average molecular weight is 455 g/mol. The van der Waals surface area contributed by atoms with E-state index in [-0.39, 0.29) is 24.0 Å². The maximum absolute atomic E-state index is 12.7. The van der Waals surface area contributed by atoms with Crippen LogP contribution in [-0.4, -0.2) is 32.5 Å². The Hall–Kier alpha value is -0.760. The summed E-state index contributed by atoms with van der Waals surface area (Å²) in [4.78, 5) is 3.76. The van der Waals surface area contributed by atoms with Crippen LogP contribution in [0.4, 0.5) is 0 Å². The van der Waals surface area contributed by atoms with Crippen molar-refractivity contribution in [1.82, 2.24) is 0 Å². The normalized spacial score (nSPS) is 13.9. The summed E-state index contributed by atoms with van der Waals surface area (Å²) in [6, 6.07) is 7.88. The summed E-state index contributed by atoms with van der Waals surface area (Å²) in [6.07, 6.45) is 6.58. The fraction of sp³-hybridized carbons (Fsp3) is 0.667. The molecule has 2 N–H and O–H groups in total. The molecule has 2 rings (SSSR count). The van der Waals surface area contributed by atoms with Gasteiger partial charge in [-0.2, -0.15) is 0 Å². The Labute approximate surface area is 187 Å². The smallest absolute Gasteiger partial charge is 0.149 e. The first-order valence-electron chi connectivity index (χ1n) is 10.9. The minimum atomic E-state index is -1.07. The molecule has 0 aliphatic heterocycles. The zero-order chi connectivity index (χ0) is 22.4. The molecule has 0 aliphatic rings. The van der Waals surface area contributed by atoms with Crippen molar-refractivity contribution in [2.24, 2.45) is 10.8 Å². The molecule has 30 heavy (non-hydrogen) atoms. The molecule has 0 bridgehead atoms. The topological polar surface area (TPSA) is 86.6 Å². The first kappa shape index (κ1) is 25.5. The van der Waals surface area contributed by atoms with E-state index in [1.165, 1.54) is 0 Å². The van der Waals surface area contributed by atoms with Gasteiger partial charge in [0, 0.05) is 38.9 Å². The van der Waals surface area contributed by atoms with Crippen LogP contribution in [-0.2, 0) is 25.7 Å². The van der Waals surface area contributed by atoms with Crippen LogP contribution < -0.4 is 0 Å². The summed E-state index contributed by atoms with van der Waals surface area (Å²) in [7, 11) is -2.14. The molecule has 6 heteroatoms. The number of hydrogen-bond donors (Lipinski definition) is 2. The molecule has 0 radical (unpaired) electrons. The van der Waals surface area contributed by atoms with Crippen LogP contribution in [0.3, 0.4) is 0 Å². The standard InChI is InChI=1S/C24H38O4S2/c1-23(2,17-25)15-5-7-19-9-11-21(29(19)27)13-14-22-12-10-20(30(22)28)8-6-16-24(3,4)18-26/h9-12,25-26H,5-8,13-18H2,1-4H3. The summed E-state index contributed by atoms with van der Waals surface area (Å²) in [5.74, 6) is 0. The molecule has 0 fully saturated rings. The number of hydrogen-bond acceptors (Lipinski definition) is 4. The lowest BCUT2D eigenvalue weighted by Gasteiger charge is -2.20. The van der Waals surface area contributed by atoms with E-state index in [1.807, 2.05) is 52.0 Å². The molecular formula is C24H38O4S2. The molecule has 0 aromatic carbocycles. The van der Waals surface area contributed by atoms with Gasteiger partial charge >= 0.3 is 0 Å². The Balaban J connectivity index is 1.86. The fourth-order valence-corrected chi connectivity index (χ4v) is 6.22. The van der Waals surface area contributed by atoms with Crippen molar-refractivity contribution in [3.63, 3.8) is 0 Å². The van der Waals surface area contributed by atoms with Gasteiger partial charge in [0.05, 0.1) is 0 Å². The maximum atomic E-state index is 12.7. The van der Waals surface area contributed by atoms with Crippen LogP contribution >= 0.6 is 21.5 Å². The summed E-state index contributed by atoms with van der Waals surface area (Å²) in [5, 5.41) is 18.7. The second kappa shape index (κ2) is 11.2. The van der Waals surface area contributed by atoms with E-state index in [0.717, 1.165) is 58.0 Å². The van der Waals surface area contributed by atoms with Crippen LogP contribution in [0.1, 0.15) is 72.9 Å². The van der Waals surface area contributed by atoms with Crippen molar-refractivity contribution in [2.45, 2.75) is 79.1 Å². The molecule has 4 nitrogen and oxygen atoms in total. The predicted octanol–water partition coefficient (Wildman–Crippen LogP) is 5.61. The van der Waals surface area contributed by atoms with Crippen LogP contribution in [0.15, 0.2) is 24.3 Å². The van der Waals surface area contributed by atoms with Gasteiger partial charge in [0.15, 0.2) is 0 Å². The van der Waals surface area contributed by atoms with Crippen LogP contribution in [0, 0.1) is 10.8 Å². The van der Waals surface area contributed by atoms with Gasteiger partial charge in [0.2, 0.25) is 0 Å². The largest absolute Gasteiger partial charge is 0.590 e. The zero-order valence-corrected chi connectivity index (χ0v) is 20.5. The molecule has 2 aromatic rings. The van der Waals surface area contributed by atoms with Crippen LogP contribution in [0.2, 0.25) is 0 Å². The number of rotatable bonds is 13. The highest BCUT2D eigenvalue weighted by atomic mass is 32.2. The Morgan fingerprint density at radius 2 is 0.933 bits per heavy atom. The number of aliphatic hydroxyl groups excluding tert-OH is 2. The van der Waals surface area contributed by atoms with Crippen molar-refractivity contribution in [1.29, 1.82) is 0 Å². The lowest BCUT2D eigenvalue weighted by Crippen LogP contribution is -2.16. The minimum absolute atomic E-state index is 0.0888. The lowest BCUT2D eigenvalue weighted by molar-refractivity contribution is 0.148. The first-order chi connectivity index (χ1) is 14.1. The van der Waals surface area contributed by atoms with Gasteiger partial charge in [-0.3, -0.25) is 0 Å². The predicted molar refractivity (Wildman–Crippen MR) is 125 cm³/mol. The SMILES string of the molecule is CC(C)(CO)CCCc1ccc(CCc2ccc(CCCC(C)(C)CO)[s+]2[O-])[s+]1[O-]. The van der Waals surface area contributed by atoms with Crippen molar-refractivity contribution >= 4 is 21.5 Å². The van der Waals surface area contributed by atoms with E-state index >= 15 is 0 Å².